The number of carbonyl (C=O) groups excluding carboxylic acids is 3. The highest BCUT2D eigenvalue weighted by atomic mass is 16.5. The number of imide groups is 1. The molecule has 1 heterocycles. The van der Waals surface area contributed by atoms with Gasteiger partial charge in [-0.15, -0.1) is 0 Å². The summed E-state index contributed by atoms with van der Waals surface area (Å²) in [6.45, 7) is 3.39. The minimum atomic E-state index is -0.809. The fraction of sp³-hybridized carbons (Fsp3) is 0.250. The van der Waals surface area contributed by atoms with Crippen LogP contribution in [0.1, 0.15) is 34.6 Å². The van der Waals surface area contributed by atoms with Crippen molar-refractivity contribution in [2.75, 3.05) is 6.54 Å². The summed E-state index contributed by atoms with van der Waals surface area (Å²) in [4.78, 5) is 39.2. The van der Waals surface area contributed by atoms with Crippen LogP contribution in [0.4, 0.5) is 0 Å². The molecule has 0 saturated heterocycles. The lowest BCUT2D eigenvalue weighted by molar-refractivity contribution is -0.136. The molecule has 3 rings (SSSR count). The second kappa shape index (κ2) is 6.89. The maximum atomic E-state index is 12.9. The molecule has 2 aromatic carbocycles. The lowest BCUT2D eigenvalue weighted by Gasteiger charge is -2.24. The zero-order valence-electron chi connectivity index (χ0n) is 14.1. The molecule has 0 bridgehead atoms. The first-order valence-corrected chi connectivity index (χ1v) is 8.18. The minimum absolute atomic E-state index is 0.138. The molecular formula is C20H19NO4. The number of nitrogens with zero attached hydrogens (tertiary/aromatic N) is 1. The molecule has 0 unspecified atom stereocenters. The number of benzene rings is 2. The van der Waals surface area contributed by atoms with Crippen LogP contribution in [0.2, 0.25) is 0 Å². The summed E-state index contributed by atoms with van der Waals surface area (Å²) in [7, 11) is 0. The molecule has 0 saturated carbocycles. The Bertz CT molecular complexity index is 813. The van der Waals surface area contributed by atoms with Crippen LogP contribution in [0.15, 0.2) is 54.6 Å². The summed E-state index contributed by atoms with van der Waals surface area (Å²) < 4.78 is 5.80. The molecule has 5 heteroatoms. The summed E-state index contributed by atoms with van der Waals surface area (Å²) >= 11 is 0. The van der Waals surface area contributed by atoms with Crippen molar-refractivity contribution in [3.8, 4) is 5.75 Å². The Hall–Kier alpha value is -2.95. The Balaban J connectivity index is 1.97. The molecule has 1 atom stereocenters. The minimum Gasteiger partial charge on any atom is -0.479 e. The van der Waals surface area contributed by atoms with Crippen LogP contribution in [-0.4, -0.2) is 35.1 Å². The molecule has 0 spiro atoms. The molecule has 1 aliphatic rings. The molecule has 0 aromatic heterocycles. The van der Waals surface area contributed by atoms with E-state index in [0.29, 0.717) is 16.9 Å². The van der Waals surface area contributed by atoms with Gasteiger partial charge in [0, 0.05) is 5.56 Å². The van der Waals surface area contributed by atoms with Gasteiger partial charge in [0.25, 0.3) is 11.8 Å². The molecule has 1 aliphatic heterocycles. The van der Waals surface area contributed by atoms with Gasteiger partial charge in [0.1, 0.15) is 5.75 Å². The van der Waals surface area contributed by atoms with Crippen LogP contribution in [0.25, 0.3) is 0 Å². The molecule has 2 aromatic rings. The van der Waals surface area contributed by atoms with E-state index in [9.17, 15) is 14.4 Å². The lowest BCUT2D eigenvalue weighted by Crippen LogP contribution is -2.47. The van der Waals surface area contributed by atoms with Gasteiger partial charge in [0.2, 0.25) is 0 Å². The standard InChI is InChI=1S/C20H19NO4/c1-13(2)18-20(24)21(12-16(22)14-8-4-3-5-9-14)19(23)15-10-6-7-11-17(15)25-18/h3-11,13,18H,12H2,1-2H3/t18-/m0/s1. The second-order valence-electron chi connectivity index (χ2n) is 6.30. The van der Waals surface area contributed by atoms with Crippen LogP contribution >= 0.6 is 0 Å². The maximum absolute atomic E-state index is 12.9. The third kappa shape index (κ3) is 3.31. The number of fused-ring (bicyclic) bond motifs is 1. The normalized spacial score (nSPS) is 17.1. The van der Waals surface area contributed by atoms with Crippen LogP contribution in [0.5, 0.6) is 5.75 Å². The molecule has 25 heavy (non-hydrogen) atoms. The zero-order chi connectivity index (χ0) is 18.0. The first kappa shape index (κ1) is 16.9. The van der Waals surface area contributed by atoms with Gasteiger partial charge in [-0.2, -0.15) is 0 Å². The van der Waals surface area contributed by atoms with Crippen molar-refractivity contribution in [2.45, 2.75) is 20.0 Å². The fourth-order valence-corrected chi connectivity index (χ4v) is 2.76. The Morgan fingerprint density at radius 2 is 1.68 bits per heavy atom. The SMILES string of the molecule is CC(C)[C@@H]1Oc2ccccc2C(=O)N(CC(=O)c2ccccc2)C1=O. The highest BCUT2D eigenvalue weighted by molar-refractivity contribution is 6.12. The molecule has 128 valence electrons. The second-order valence-corrected chi connectivity index (χ2v) is 6.30. The van der Waals surface area contributed by atoms with Gasteiger partial charge in [-0.1, -0.05) is 56.3 Å². The van der Waals surface area contributed by atoms with Crippen LogP contribution in [0, 0.1) is 5.92 Å². The monoisotopic (exact) mass is 337 g/mol. The topological polar surface area (TPSA) is 63.7 Å². The van der Waals surface area contributed by atoms with Gasteiger partial charge in [0.05, 0.1) is 12.1 Å². The van der Waals surface area contributed by atoms with Gasteiger partial charge in [-0.05, 0) is 18.1 Å². The van der Waals surface area contributed by atoms with E-state index in [4.69, 9.17) is 4.74 Å². The van der Waals surface area contributed by atoms with E-state index < -0.39 is 17.9 Å². The Morgan fingerprint density at radius 3 is 2.36 bits per heavy atom. The highest BCUT2D eigenvalue weighted by Gasteiger charge is 2.38. The largest absolute Gasteiger partial charge is 0.479 e. The van der Waals surface area contributed by atoms with Crippen molar-refractivity contribution in [1.82, 2.24) is 4.90 Å². The van der Waals surface area contributed by atoms with Gasteiger partial charge in [-0.3, -0.25) is 19.3 Å². The van der Waals surface area contributed by atoms with E-state index in [1.165, 1.54) is 0 Å². The van der Waals surface area contributed by atoms with Crippen molar-refractivity contribution in [3.63, 3.8) is 0 Å². The maximum Gasteiger partial charge on any atom is 0.271 e. The Morgan fingerprint density at radius 1 is 1.04 bits per heavy atom. The first-order valence-electron chi connectivity index (χ1n) is 8.18. The van der Waals surface area contributed by atoms with Gasteiger partial charge in [0.15, 0.2) is 11.9 Å². The molecule has 0 fully saturated rings. The Labute approximate surface area is 146 Å². The smallest absolute Gasteiger partial charge is 0.271 e. The lowest BCUT2D eigenvalue weighted by atomic mass is 10.1. The molecular weight excluding hydrogens is 318 g/mol. The zero-order valence-corrected chi connectivity index (χ0v) is 14.1. The summed E-state index contributed by atoms with van der Waals surface area (Å²) in [5.74, 6) is -1.05. The van der Waals surface area contributed by atoms with E-state index in [1.807, 2.05) is 13.8 Å². The van der Waals surface area contributed by atoms with Crippen LogP contribution < -0.4 is 4.74 Å². The number of ether oxygens (including phenoxy) is 1. The van der Waals surface area contributed by atoms with Crippen LogP contribution in [-0.2, 0) is 4.79 Å². The molecule has 0 N–H and O–H groups in total. The first-order chi connectivity index (χ1) is 12.0. The van der Waals surface area contributed by atoms with Crippen molar-refractivity contribution in [2.24, 2.45) is 5.92 Å². The van der Waals surface area contributed by atoms with Crippen molar-refractivity contribution < 1.29 is 19.1 Å². The summed E-state index contributed by atoms with van der Waals surface area (Å²) in [6, 6.07) is 15.3. The van der Waals surface area contributed by atoms with Gasteiger partial charge >= 0.3 is 0 Å². The number of rotatable bonds is 4. The van der Waals surface area contributed by atoms with E-state index in [2.05, 4.69) is 0 Å². The third-order valence-corrected chi connectivity index (χ3v) is 4.13. The van der Waals surface area contributed by atoms with E-state index in [1.54, 1.807) is 54.6 Å². The predicted octanol–water partition coefficient (Wildman–Crippen LogP) is 2.96. The summed E-state index contributed by atoms with van der Waals surface area (Å²) in [5, 5.41) is 0. The number of hydrogen-bond donors (Lipinski definition) is 0. The molecule has 0 radical (unpaired) electrons. The predicted molar refractivity (Wildman–Crippen MR) is 92.5 cm³/mol. The van der Waals surface area contributed by atoms with Crippen molar-refractivity contribution in [1.29, 1.82) is 0 Å². The van der Waals surface area contributed by atoms with E-state index >= 15 is 0 Å². The number of carbonyl (C=O) groups is 3. The van der Waals surface area contributed by atoms with E-state index in [-0.39, 0.29) is 18.2 Å². The number of amides is 2. The van der Waals surface area contributed by atoms with E-state index in [0.717, 1.165) is 4.90 Å². The number of para-hydroxylation sites is 1. The van der Waals surface area contributed by atoms with Crippen molar-refractivity contribution >= 4 is 17.6 Å². The summed E-state index contributed by atoms with van der Waals surface area (Å²) in [5.41, 5.74) is 0.752. The van der Waals surface area contributed by atoms with Gasteiger partial charge in [-0.25, -0.2) is 0 Å². The average Bonchev–Trinajstić information content (AvgIpc) is 2.73. The number of Topliss-reactive ketones (excluding diaryl/α,β-unsaturated/α-hetero) is 1. The quantitative estimate of drug-likeness (QED) is 0.636. The third-order valence-electron chi connectivity index (χ3n) is 4.13. The molecule has 0 aliphatic carbocycles. The highest BCUT2D eigenvalue weighted by Crippen LogP contribution is 2.28. The number of ketones is 1. The van der Waals surface area contributed by atoms with Crippen molar-refractivity contribution in [3.05, 3.63) is 65.7 Å². The van der Waals surface area contributed by atoms with Crippen LogP contribution in [0.3, 0.4) is 0 Å². The van der Waals surface area contributed by atoms with Gasteiger partial charge < -0.3 is 4.74 Å². The Kier molecular flexibility index (Phi) is 4.65. The molecule has 2 amide bonds. The average molecular weight is 337 g/mol. The number of hydrogen-bond acceptors (Lipinski definition) is 4. The fourth-order valence-electron chi connectivity index (χ4n) is 2.76. The summed E-state index contributed by atoms with van der Waals surface area (Å²) in [6.07, 6.45) is -0.809. The molecule has 5 nitrogen and oxygen atoms in total.